The summed E-state index contributed by atoms with van der Waals surface area (Å²) in [5.41, 5.74) is 2.87. The Labute approximate surface area is 144 Å². The zero-order valence-corrected chi connectivity index (χ0v) is 14.8. The van der Waals surface area contributed by atoms with Crippen LogP contribution >= 0.6 is 12.2 Å². The number of thiocarbonyl (C=S) groups is 1. The highest BCUT2D eigenvalue weighted by molar-refractivity contribution is 7.80. The molecule has 0 unspecified atom stereocenters. The van der Waals surface area contributed by atoms with E-state index in [9.17, 15) is 0 Å². The van der Waals surface area contributed by atoms with E-state index >= 15 is 0 Å². The SMILES string of the molecule is Cc1ccccc1C[NH+]1CCN(C(=S)NC[C@H]2CCCO2)CC1. The average Bonchev–Trinajstić information content (AvgIpc) is 3.09. The summed E-state index contributed by atoms with van der Waals surface area (Å²) in [6.07, 6.45) is 2.69. The fraction of sp³-hybridized carbons (Fsp3) is 0.611. The highest BCUT2D eigenvalue weighted by Crippen LogP contribution is 2.10. The molecule has 0 aliphatic carbocycles. The molecule has 0 aromatic heterocycles. The van der Waals surface area contributed by atoms with Gasteiger partial charge in [-0.3, -0.25) is 0 Å². The van der Waals surface area contributed by atoms with Crippen molar-refractivity contribution in [3.63, 3.8) is 0 Å². The molecule has 2 heterocycles. The Kier molecular flexibility index (Phi) is 5.86. The molecule has 0 bridgehead atoms. The van der Waals surface area contributed by atoms with Crippen molar-refractivity contribution in [2.75, 3.05) is 39.3 Å². The van der Waals surface area contributed by atoms with Crippen molar-refractivity contribution in [1.82, 2.24) is 10.2 Å². The topological polar surface area (TPSA) is 28.9 Å². The Bertz CT molecular complexity index is 523. The molecule has 2 fully saturated rings. The molecule has 2 aliphatic rings. The number of quaternary nitrogens is 1. The summed E-state index contributed by atoms with van der Waals surface area (Å²) in [5.74, 6) is 0. The molecule has 0 amide bonds. The predicted molar refractivity (Wildman–Crippen MR) is 96.7 cm³/mol. The Morgan fingerprint density at radius 1 is 1.35 bits per heavy atom. The smallest absolute Gasteiger partial charge is 0.169 e. The van der Waals surface area contributed by atoms with E-state index < -0.39 is 0 Å². The van der Waals surface area contributed by atoms with Crippen LogP contribution < -0.4 is 10.2 Å². The second kappa shape index (κ2) is 8.08. The van der Waals surface area contributed by atoms with Gasteiger partial charge in [0.1, 0.15) is 6.54 Å². The number of nitrogens with one attached hydrogen (secondary N) is 2. The van der Waals surface area contributed by atoms with Gasteiger partial charge in [0.05, 0.1) is 32.3 Å². The number of piperazine rings is 1. The summed E-state index contributed by atoms with van der Waals surface area (Å²) in [4.78, 5) is 3.96. The van der Waals surface area contributed by atoms with E-state index in [1.807, 2.05) is 0 Å². The maximum Gasteiger partial charge on any atom is 0.169 e. The van der Waals surface area contributed by atoms with Crippen molar-refractivity contribution in [3.8, 4) is 0 Å². The van der Waals surface area contributed by atoms with E-state index in [1.165, 1.54) is 17.5 Å². The van der Waals surface area contributed by atoms with Crippen LogP contribution in [-0.4, -0.2) is 55.4 Å². The predicted octanol–water partition coefficient (Wildman–Crippen LogP) is 0.749. The molecule has 126 valence electrons. The normalized spacial score (nSPS) is 22.3. The minimum Gasteiger partial charge on any atom is -0.376 e. The molecular formula is C18H28N3OS+. The van der Waals surface area contributed by atoms with Gasteiger partial charge in [0.15, 0.2) is 5.11 Å². The van der Waals surface area contributed by atoms with Gasteiger partial charge in [0.25, 0.3) is 0 Å². The summed E-state index contributed by atoms with van der Waals surface area (Å²) in [6, 6.07) is 8.71. The van der Waals surface area contributed by atoms with Gasteiger partial charge in [-0.05, 0) is 37.5 Å². The molecule has 2 N–H and O–H groups in total. The van der Waals surface area contributed by atoms with Gasteiger partial charge >= 0.3 is 0 Å². The molecule has 4 nitrogen and oxygen atoms in total. The highest BCUT2D eigenvalue weighted by Gasteiger charge is 2.23. The van der Waals surface area contributed by atoms with E-state index in [1.54, 1.807) is 4.90 Å². The number of hydrogen-bond donors (Lipinski definition) is 2. The monoisotopic (exact) mass is 334 g/mol. The molecule has 2 aliphatic heterocycles. The molecule has 0 saturated carbocycles. The number of nitrogens with zero attached hydrogens (tertiary/aromatic N) is 1. The minimum atomic E-state index is 0.348. The summed E-state index contributed by atoms with van der Waals surface area (Å²) in [7, 11) is 0. The zero-order chi connectivity index (χ0) is 16.1. The Morgan fingerprint density at radius 2 is 2.13 bits per heavy atom. The van der Waals surface area contributed by atoms with Crippen molar-refractivity contribution in [2.24, 2.45) is 0 Å². The summed E-state index contributed by atoms with van der Waals surface area (Å²) < 4.78 is 5.64. The first-order valence-electron chi connectivity index (χ1n) is 8.75. The van der Waals surface area contributed by atoms with Crippen LogP contribution in [0.4, 0.5) is 0 Å². The van der Waals surface area contributed by atoms with Crippen LogP contribution in [0.2, 0.25) is 0 Å². The van der Waals surface area contributed by atoms with Crippen LogP contribution in [0.1, 0.15) is 24.0 Å². The zero-order valence-electron chi connectivity index (χ0n) is 14.0. The van der Waals surface area contributed by atoms with Crippen molar-refractivity contribution in [2.45, 2.75) is 32.4 Å². The largest absolute Gasteiger partial charge is 0.376 e. The van der Waals surface area contributed by atoms with E-state index in [-0.39, 0.29) is 0 Å². The Balaban J connectivity index is 1.41. The lowest BCUT2D eigenvalue weighted by Crippen LogP contribution is -3.13. The number of ether oxygens (including phenoxy) is 1. The van der Waals surface area contributed by atoms with Crippen LogP contribution in [-0.2, 0) is 11.3 Å². The molecule has 1 aromatic carbocycles. The van der Waals surface area contributed by atoms with Crippen LogP contribution in [0, 0.1) is 6.92 Å². The summed E-state index contributed by atoms with van der Waals surface area (Å²) >= 11 is 5.55. The van der Waals surface area contributed by atoms with Gasteiger partial charge in [0, 0.05) is 18.7 Å². The lowest BCUT2D eigenvalue weighted by molar-refractivity contribution is -0.917. The van der Waals surface area contributed by atoms with Gasteiger partial charge in [0.2, 0.25) is 0 Å². The lowest BCUT2D eigenvalue weighted by atomic mass is 10.1. The fourth-order valence-corrected chi connectivity index (χ4v) is 3.66. The van der Waals surface area contributed by atoms with Gasteiger partial charge < -0.3 is 19.9 Å². The van der Waals surface area contributed by atoms with Gasteiger partial charge in [-0.15, -0.1) is 0 Å². The van der Waals surface area contributed by atoms with Crippen molar-refractivity contribution in [1.29, 1.82) is 0 Å². The number of rotatable bonds is 4. The molecule has 5 heteroatoms. The highest BCUT2D eigenvalue weighted by atomic mass is 32.1. The molecule has 1 aromatic rings. The second-order valence-electron chi connectivity index (χ2n) is 6.66. The second-order valence-corrected chi connectivity index (χ2v) is 7.05. The van der Waals surface area contributed by atoms with E-state index in [0.717, 1.165) is 57.4 Å². The molecule has 23 heavy (non-hydrogen) atoms. The third kappa shape index (κ3) is 4.66. The molecule has 3 rings (SSSR count). The molecule has 1 atom stereocenters. The van der Waals surface area contributed by atoms with E-state index in [4.69, 9.17) is 17.0 Å². The standard InChI is InChI=1S/C18H27N3OS/c1-15-5-2-3-6-16(15)14-20-8-10-21(11-9-20)18(23)19-13-17-7-4-12-22-17/h2-3,5-6,17H,4,7-14H2,1H3,(H,19,23)/p+1/t17-/m1/s1. The van der Waals surface area contributed by atoms with Crippen LogP contribution in [0.25, 0.3) is 0 Å². The Morgan fingerprint density at radius 3 is 2.83 bits per heavy atom. The van der Waals surface area contributed by atoms with Crippen molar-refractivity contribution in [3.05, 3.63) is 35.4 Å². The van der Waals surface area contributed by atoms with E-state index in [0.29, 0.717) is 6.10 Å². The molecule has 2 saturated heterocycles. The lowest BCUT2D eigenvalue weighted by Gasteiger charge is -2.34. The van der Waals surface area contributed by atoms with Gasteiger partial charge in [-0.2, -0.15) is 0 Å². The first-order chi connectivity index (χ1) is 11.2. The number of benzene rings is 1. The average molecular weight is 335 g/mol. The Hall–Kier alpha value is -1.17. The van der Waals surface area contributed by atoms with Crippen LogP contribution in [0.15, 0.2) is 24.3 Å². The van der Waals surface area contributed by atoms with Crippen LogP contribution in [0.5, 0.6) is 0 Å². The van der Waals surface area contributed by atoms with Crippen molar-refractivity contribution < 1.29 is 9.64 Å². The van der Waals surface area contributed by atoms with Crippen molar-refractivity contribution >= 4 is 17.3 Å². The van der Waals surface area contributed by atoms with Gasteiger partial charge in [-0.1, -0.05) is 24.3 Å². The quantitative estimate of drug-likeness (QED) is 0.795. The molecule has 0 radical (unpaired) electrons. The third-order valence-electron chi connectivity index (χ3n) is 4.96. The number of aryl methyl sites for hydroxylation is 1. The maximum absolute atomic E-state index is 5.64. The molecule has 0 spiro atoms. The van der Waals surface area contributed by atoms with Gasteiger partial charge in [-0.25, -0.2) is 0 Å². The summed E-state index contributed by atoms with van der Waals surface area (Å²) in [6.45, 7) is 9.46. The van der Waals surface area contributed by atoms with Crippen LogP contribution in [0.3, 0.4) is 0 Å². The molecular weight excluding hydrogens is 306 g/mol. The minimum absolute atomic E-state index is 0.348. The van der Waals surface area contributed by atoms with E-state index in [2.05, 4.69) is 41.4 Å². The fourth-order valence-electron chi connectivity index (χ4n) is 3.40. The maximum atomic E-state index is 5.64. The summed E-state index contributed by atoms with van der Waals surface area (Å²) in [5, 5.41) is 4.29. The first-order valence-corrected chi connectivity index (χ1v) is 9.15. The number of hydrogen-bond acceptors (Lipinski definition) is 2. The first kappa shape index (κ1) is 16.7. The third-order valence-corrected chi connectivity index (χ3v) is 5.37.